The van der Waals surface area contributed by atoms with E-state index in [-0.39, 0.29) is 28.0 Å². The van der Waals surface area contributed by atoms with Crippen molar-refractivity contribution in [1.29, 1.82) is 5.26 Å². The Morgan fingerprint density at radius 3 is 2.62 bits per heavy atom. The number of nitrogens with zero attached hydrogens (tertiary/aromatic N) is 1. The Morgan fingerprint density at radius 1 is 1.27 bits per heavy atom. The molecule has 7 nitrogen and oxygen atoms in total. The van der Waals surface area contributed by atoms with E-state index in [0.717, 1.165) is 11.3 Å². The molecule has 0 aliphatic rings. The highest BCUT2D eigenvalue weighted by molar-refractivity contribution is 7.18. The van der Waals surface area contributed by atoms with Gasteiger partial charge in [0, 0.05) is 18.2 Å². The van der Waals surface area contributed by atoms with Gasteiger partial charge in [0.1, 0.15) is 15.9 Å². The maximum atomic E-state index is 12.5. The van der Waals surface area contributed by atoms with Gasteiger partial charge in [-0.25, -0.2) is 4.79 Å². The molecule has 0 radical (unpaired) electrons. The van der Waals surface area contributed by atoms with Crippen LogP contribution in [0.3, 0.4) is 0 Å². The van der Waals surface area contributed by atoms with Crippen LogP contribution in [0.1, 0.15) is 45.0 Å². The molecule has 0 unspecified atom stereocenters. The standard InChI is InChI=1S/C18H17N3O4S/c1-4-25-18(24)15-10(2)14(9-19)17(26-15)21-16(23)12-6-5-7-13(8-12)20-11(3)22/h5-8H,4H2,1-3H3,(H,20,22)(H,21,23). The number of carbonyl (C=O) groups is 3. The third-order valence-electron chi connectivity index (χ3n) is 3.39. The maximum absolute atomic E-state index is 12.5. The molecular weight excluding hydrogens is 354 g/mol. The first kappa shape index (κ1) is 19.1. The number of esters is 1. The molecule has 26 heavy (non-hydrogen) atoms. The zero-order valence-corrected chi connectivity index (χ0v) is 15.3. The second-order valence-electron chi connectivity index (χ2n) is 5.31. The number of nitriles is 1. The van der Waals surface area contributed by atoms with Crippen LogP contribution in [0.15, 0.2) is 24.3 Å². The van der Waals surface area contributed by atoms with Gasteiger partial charge in [0.25, 0.3) is 5.91 Å². The van der Waals surface area contributed by atoms with Crippen molar-refractivity contribution in [2.24, 2.45) is 0 Å². The predicted molar refractivity (Wildman–Crippen MR) is 98.4 cm³/mol. The van der Waals surface area contributed by atoms with E-state index < -0.39 is 11.9 Å². The van der Waals surface area contributed by atoms with Crippen molar-refractivity contribution in [3.8, 4) is 6.07 Å². The molecule has 2 amide bonds. The Bertz CT molecular complexity index is 912. The smallest absolute Gasteiger partial charge is 0.348 e. The van der Waals surface area contributed by atoms with Crippen molar-refractivity contribution in [1.82, 2.24) is 0 Å². The normalized spacial score (nSPS) is 9.92. The van der Waals surface area contributed by atoms with E-state index in [2.05, 4.69) is 10.6 Å². The van der Waals surface area contributed by atoms with E-state index in [1.807, 2.05) is 6.07 Å². The molecule has 1 aromatic heterocycles. The van der Waals surface area contributed by atoms with Crippen LogP contribution >= 0.6 is 11.3 Å². The topological polar surface area (TPSA) is 108 Å². The summed E-state index contributed by atoms with van der Waals surface area (Å²) in [5.74, 6) is -1.23. The average Bonchev–Trinajstić information content (AvgIpc) is 2.90. The lowest BCUT2D eigenvalue weighted by Gasteiger charge is -2.06. The van der Waals surface area contributed by atoms with Gasteiger partial charge in [-0.2, -0.15) is 5.26 Å². The number of hydrogen-bond acceptors (Lipinski definition) is 6. The number of nitrogens with one attached hydrogen (secondary N) is 2. The van der Waals surface area contributed by atoms with Gasteiger partial charge in [0.15, 0.2) is 0 Å². The fraction of sp³-hybridized carbons (Fsp3) is 0.222. The minimum absolute atomic E-state index is 0.218. The highest BCUT2D eigenvalue weighted by Crippen LogP contribution is 2.33. The SMILES string of the molecule is CCOC(=O)c1sc(NC(=O)c2cccc(NC(C)=O)c2)c(C#N)c1C. The molecule has 0 aliphatic carbocycles. The molecule has 0 saturated heterocycles. The van der Waals surface area contributed by atoms with E-state index in [9.17, 15) is 19.6 Å². The van der Waals surface area contributed by atoms with Crippen LogP contribution < -0.4 is 10.6 Å². The van der Waals surface area contributed by atoms with Gasteiger partial charge >= 0.3 is 5.97 Å². The molecule has 134 valence electrons. The Morgan fingerprint density at radius 2 is 2.00 bits per heavy atom. The molecule has 0 fully saturated rings. The summed E-state index contributed by atoms with van der Waals surface area (Å²) < 4.78 is 4.97. The number of ether oxygens (including phenoxy) is 1. The number of thiophene rings is 1. The van der Waals surface area contributed by atoms with Crippen LogP contribution in [0.2, 0.25) is 0 Å². The predicted octanol–water partition coefficient (Wildman–Crippen LogP) is 3.32. The number of amides is 2. The molecule has 0 bridgehead atoms. The molecule has 2 rings (SSSR count). The van der Waals surface area contributed by atoms with Crippen LogP contribution in [0.25, 0.3) is 0 Å². The van der Waals surface area contributed by atoms with Gasteiger partial charge in [0.05, 0.1) is 12.2 Å². The second kappa shape index (κ2) is 8.27. The van der Waals surface area contributed by atoms with Crippen molar-refractivity contribution < 1.29 is 19.1 Å². The molecular formula is C18H17N3O4S. The highest BCUT2D eigenvalue weighted by atomic mass is 32.1. The van der Waals surface area contributed by atoms with E-state index in [0.29, 0.717) is 16.8 Å². The fourth-order valence-electron chi connectivity index (χ4n) is 2.24. The molecule has 2 N–H and O–H groups in total. The van der Waals surface area contributed by atoms with Crippen molar-refractivity contribution in [3.05, 3.63) is 45.8 Å². The Labute approximate surface area is 154 Å². The first-order valence-corrected chi connectivity index (χ1v) is 8.58. The van der Waals surface area contributed by atoms with E-state index in [4.69, 9.17) is 4.74 Å². The lowest BCUT2D eigenvalue weighted by atomic mass is 10.1. The van der Waals surface area contributed by atoms with Crippen LogP contribution in [-0.2, 0) is 9.53 Å². The van der Waals surface area contributed by atoms with Gasteiger partial charge in [-0.05, 0) is 37.6 Å². The summed E-state index contributed by atoms with van der Waals surface area (Å²) in [6.45, 7) is 4.91. The first-order chi connectivity index (χ1) is 12.4. The fourth-order valence-corrected chi connectivity index (χ4v) is 3.29. The van der Waals surface area contributed by atoms with Gasteiger partial charge in [-0.3, -0.25) is 9.59 Å². The quantitative estimate of drug-likeness (QED) is 0.784. The van der Waals surface area contributed by atoms with Crippen molar-refractivity contribution in [2.45, 2.75) is 20.8 Å². The van der Waals surface area contributed by atoms with Crippen molar-refractivity contribution in [2.75, 3.05) is 17.2 Å². The minimum Gasteiger partial charge on any atom is -0.462 e. The zero-order chi connectivity index (χ0) is 19.3. The third kappa shape index (κ3) is 4.26. The van der Waals surface area contributed by atoms with Crippen LogP contribution in [0.5, 0.6) is 0 Å². The van der Waals surface area contributed by atoms with Crippen LogP contribution in [-0.4, -0.2) is 24.4 Å². The minimum atomic E-state index is -0.528. The summed E-state index contributed by atoms with van der Waals surface area (Å²) in [6, 6.07) is 8.41. The number of benzene rings is 1. The van der Waals surface area contributed by atoms with Crippen LogP contribution in [0.4, 0.5) is 10.7 Å². The molecule has 2 aromatic rings. The summed E-state index contributed by atoms with van der Waals surface area (Å²) in [6.07, 6.45) is 0. The van der Waals surface area contributed by atoms with Crippen molar-refractivity contribution in [3.63, 3.8) is 0 Å². The Hall–Kier alpha value is -3.18. The van der Waals surface area contributed by atoms with E-state index >= 15 is 0 Å². The number of anilines is 2. The number of rotatable bonds is 5. The third-order valence-corrected chi connectivity index (χ3v) is 4.58. The Kier molecular flexibility index (Phi) is 6.09. The lowest BCUT2D eigenvalue weighted by molar-refractivity contribution is -0.114. The first-order valence-electron chi connectivity index (χ1n) is 7.77. The summed E-state index contributed by atoms with van der Waals surface area (Å²) in [5.41, 5.74) is 1.49. The maximum Gasteiger partial charge on any atom is 0.348 e. The van der Waals surface area contributed by atoms with E-state index in [1.54, 1.807) is 32.0 Å². The summed E-state index contributed by atoms with van der Waals surface area (Å²) in [5, 5.41) is 14.9. The molecule has 8 heteroatoms. The monoisotopic (exact) mass is 371 g/mol. The Balaban J connectivity index is 2.29. The van der Waals surface area contributed by atoms with Gasteiger partial charge < -0.3 is 15.4 Å². The largest absolute Gasteiger partial charge is 0.462 e. The zero-order valence-electron chi connectivity index (χ0n) is 14.5. The highest BCUT2D eigenvalue weighted by Gasteiger charge is 2.22. The molecule has 1 aromatic carbocycles. The molecule has 1 heterocycles. The van der Waals surface area contributed by atoms with Gasteiger partial charge in [-0.15, -0.1) is 11.3 Å². The molecule has 0 saturated carbocycles. The van der Waals surface area contributed by atoms with Crippen LogP contribution in [0, 0.1) is 18.3 Å². The lowest BCUT2D eigenvalue weighted by Crippen LogP contribution is -2.13. The summed E-state index contributed by atoms with van der Waals surface area (Å²) >= 11 is 0.998. The average molecular weight is 371 g/mol. The summed E-state index contributed by atoms with van der Waals surface area (Å²) in [7, 11) is 0. The summed E-state index contributed by atoms with van der Waals surface area (Å²) in [4.78, 5) is 35.9. The molecule has 0 aliphatic heterocycles. The van der Waals surface area contributed by atoms with Gasteiger partial charge in [-0.1, -0.05) is 6.07 Å². The van der Waals surface area contributed by atoms with Crippen molar-refractivity contribution >= 4 is 39.8 Å². The second-order valence-corrected chi connectivity index (χ2v) is 6.33. The number of carbonyl (C=O) groups excluding carboxylic acids is 3. The molecule has 0 atom stereocenters. The number of hydrogen-bond donors (Lipinski definition) is 2. The van der Waals surface area contributed by atoms with E-state index in [1.165, 1.54) is 13.0 Å². The molecule has 0 spiro atoms. The van der Waals surface area contributed by atoms with Gasteiger partial charge in [0.2, 0.25) is 5.91 Å².